The number of urea groups is 1. The standard InChI is InChI=1S/C14H11BrF2N2O/c1-8-2-4-12(10(15)6-8)18-14(20)19-13-5-3-9(16)7-11(13)17/h2-7H,1H3,(H2,18,19,20). The zero-order valence-corrected chi connectivity index (χ0v) is 12.1. The third-order valence-electron chi connectivity index (χ3n) is 2.55. The van der Waals surface area contributed by atoms with E-state index in [0.717, 1.165) is 17.7 Å². The minimum atomic E-state index is -0.830. The van der Waals surface area contributed by atoms with Gasteiger partial charge in [-0.1, -0.05) is 6.07 Å². The lowest BCUT2D eigenvalue weighted by atomic mass is 10.2. The van der Waals surface area contributed by atoms with E-state index in [2.05, 4.69) is 26.6 Å². The van der Waals surface area contributed by atoms with Gasteiger partial charge in [-0.25, -0.2) is 13.6 Å². The number of halogens is 3. The van der Waals surface area contributed by atoms with E-state index in [1.807, 2.05) is 19.1 Å². The van der Waals surface area contributed by atoms with E-state index >= 15 is 0 Å². The van der Waals surface area contributed by atoms with Gasteiger partial charge < -0.3 is 10.6 Å². The van der Waals surface area contributed by atoms with Gasteiger partial charge in [0.2, 0.25) is 0 Å². The lowest BCUT2D eigenvalue weighted by Crippen LogP contribution is -2.20. The number of anilines is 2. The van der Waals surface area contributed by atoms with Crippen LogP contribution in [0.5, 0.6) is 0 Å². The first kappa shape index (κ1) is 14.5. The van der Waals surface area contributed by atoms with Crippen LogP contribution in [0, 0.1) is 18.6 Å². The Bertz CT molecular complexity index is 606. The van der Waals surface area contributed by atoms with Crippen molar-refractivity contribution in [2.45, 2.75) is 6.92 Å². The highest BCUT2D eigenvalue weighted by molar-refractivity contribution is 9.10. The first-order valence-electron chi connectivity index (χ1n) is 5.75. The van der Waals surface area contributed by atoms with E-state index < -0.39 is 17.7 Å². The van der Waals surface area contributed by atoms with E-state index in [0.29, 0.717) is 16.2 Å². The summed E-state index contributed by atoms with van der Waals surface area (Å²) in [7, 11) is 0. The largest absolute Gasteiger partial charge is 0.323 e. The summed E-state index contributed by atoms with van der Waals surface area (Å²) in [5.74, 6) is -1.53. The lowest BCUT2D eigenvalue weighted by molar-refractivity contribution is 0.262. The fourth-order valence-electron chi connectivity index (χ4n) is 1.59. The molecule has 2 amide bonds. The predicted molar refractivity (Wildman–Crippen MR) is 77.9 cm³/mol. The second kappa shape index (κ2) is 6.00. The maximum Gasteiger partial charge on any atom is 0.323 e. The van der Waals surface area contributed by atoms with Gasteiger partial charge in [0.1, 0.15) is 11.6 Å². The molecule has 0 unspecified atom stereocenters. The van der Waals surface area contributed by atoms with Gasteiger partial charge in [0.05, 0.1) is 11.4 Å². The average Bonchev–Trinajstić information content (AvgIpc) is 2.36. The van der Waals surface area contributed by atoms with Gasteiger partial charge in [0.25, 0.3) is 0 Å². The number of rotatable bonds is 2. The minimum absolute atomic E-state index is 0.0906. The molecule has 0 heterocycles. The molecule has 0 aliphatic carbocycles. The highest BCUT2D eigenvalue weighted by Crippen LogP contribution is 2.23. The zero-order chi connectivity index (χ0) is 14.7. The fraction of sp³-hybridized carbons (Fsp3) is 0.0714. The summed E-state index contributed by atoms with van der Waals surface area (Å²) in [5, 5.41) is 4.89. The van der Waals surface area contributed by atoms with Crippen LogP contribution in [0.2, 0.25) is 0 Å². The molecule has 0 bridgehead atoms. The third-order valence-corrected chi connectivity index (χ3v) is 3.21. The van der Waals surface area contributed by atoms with Gasteiger partial charge in [-0.3, -0.25) is 0 Å². The van der Waals surface area contributed by atoms with E-state index in [9.17, 15) is 13.6 Å². The molecule has 6 heteroatoms. The van der Waals surface area contributed by atoms with Crippen LogP contribution in [-0.2, 0) is 0 Å². The van der Waals surface area contributed by atoms with Gasteiger partial charge in [-0.05, 0) is 52.7 Å². The summed E-state index contributed by atoms with van der Waals surface area (Å²) in [5.41, 5.74) is 1.50. The van der Waals surface area contributed by atoms with Gasteiger partial charge in [-0.15, -0.1) is 0 Å². The Kier molecular flexibility index (Phi) is 4.34. The monoisotopic (exact) mass is 340 g/mol. The molecule has 0 aliphatic heterocycles. The van der Waals surface area contributed by atoms with Crippen LogP contribution in [0.15, 0.2) is 40.9 Å². The number of aryl methyl sites for hydroxylation is 1. The van der Waals surface area contributed by atoms with Crippen LogP contribution in [0.25, 0.3) is 0 Å². The van der Waals surface area contributed by atoms with Crippen LogP contribution in [0.4, 0.5) is 25.0 Å². The molecule has 0 saturated heterocycles. The quantitative estimate of drug-likeness (QED) is 0.818. The van der Waals surface area contributed by atoms with Crippen LogP contribution < -0.4 is 10.6 Å². The second-order valence-corrected chi connectivity index (χ2v) is 5.04. The first-order valence-corrected chi connectivity index (χ1v) is 6.54. The van der Waals surface area contributed by atoms with Crippen molar-refractivity contribution in [2.75, 3.05) is 10.6 Å². The summed E-state index contributed by atoms with van der Waals surface area (Å²) >= 11 is 3.32. The Morgan fingerprint density at radius 1 is 1.05 bits per heavy atom. The Labute approximate surface area is 123 Å². The van der Waals surface area contributed by atoms with Gasteiger partial charge in [-0.2, -0.15) is 0 Å². The molecule has 2 rings (SSSR count). The molecule has 2 aromatic rings. The summed E-state index contributed by atoms with van der Waals surface area (Å²) < 4.78 is 26.9. The molecule has 0 fully saturated rings. The number of amides is 2. The van der Waals surface area contributed by atoms with Crippen LogP contribution in [0.1, 0.15) is 5.56 Å². The maximum absolute atomic E-state index is 13.4. The molecule has 0 radical (unpaired) electrons. The number of hydrogen-bond acceptors (Lipinski definition) is 1. The van der Waals surface area contributed by atoms with Crippen molar-refractivity contribution in [1.82, 2.24) is 0 Å². The van der Waals surface area contributed by atoms with E-state index in [4.69, 9.17) is 0 Å². The van der Waals surface area contributed by atoms with Crippen molar-refractivity contribution in [3.05, 3.63) is 58.1 Å². The second-order valence-electron chi connectivity index (χ2n) is 4.19. The molecule has 3 nitrogen and oxygen atoms in total. The molecule has 0 spiro atoms. The summed E-state index contributed by atoms with van der Waals surface area (Å²) in [4.78, 5) is 11.8. The summed E-state index contributed by atoms with van der Waals surface area (Å²) in [6, 6.07) is 7.72. The smallest absolute Gasteiger partial charge is 0.307 e. The SMILES string of the molecule is Cc1ccc(NC(=O)Nc2ccc(F)cc2F)c(Br)c1. The normalized spacial score (nSPS) is 10.2. The van der Waals surface area contributed by atoms with Gasteiger partial charge >= 0.3 is 6.03 Å². The molecule has 0 saturated carbocycles. The molecule has 0 aliphatic rings. The van der Waals surface area contributed by atoms with E-state index in [-0.39, 0.29) is 5.69 Å². The minimum Gasteiger partial charge on any atom is -0.307 e. The van der Waals surface area contributed by atoms with Crippen molar-refractivity contribution in [3.8, 4) is 0 Å². The molecule has 2 aromatic carbocycles. The summed E-state index contributed by atoms with van der Waals surface area (Å²) in [6.45, 7) is 1.92. The Morgan fingerprint density at radius 2 is 1.70 bits per heavy atom. The van der Waals surface area contributed by atoms with E-state index in [1.165, 1.54) is 0 Å². The van der Waals surface area contributed by atoms with Crippen molar-refractivity contribution < 1.29 is 13.6 Å². The fourth-order valence-corrected chi connectivity index (χ4v) is 2.18. The molecule has 104 valence electrons. The number of carbonyl (C=O) groups excluding carboxylic acids is 1. The van der Waals surface area contributed by atoms with Crippen LogP contribution in [-0.4, -0.2) is 6.03 Å². The van der Waals surface area contributed by atoms with E-state index in [1.54, 1.807) is 6.07 Å². The molecule has 2 N–H and O–H groups in total. The topological polar surface area (TPSA) is 41.1 Å². The zero-order valence-electron chi connectivity index (χ0n) is 10.5. The van der Waals surface area contributed by atoms with Crippen LogP contribution in [0.3, 0.4) is 0 Å². The molecular weight excluding hydrogens is 330 g/mol. The van der Waals surface area contributed by atoms with Crippen molar-refractivity contribution in [2.24, 2.45) is 0 Å². The number of benzene rings is 2. The molecule has 0 aromatic heterocycles. The van der Waals surface area contributed by atoms with Gasteiger partial charge in [0.15, 0.2) is 0 Å². The Hall–Kier alpha value is -1.95. The third kappa shape index (κ3) is 3.54. The first-order chi connectivity index (χ1) is 9.45. The number of nitrogens with one attached hydrogen (secondary N) is 2. The van der Waals surface area contributed by atoms with Crippen LogP contribution >= 0.6 is 15.9 Å². The number of carbonyl (C=O) groups is 1. The van der Waals surface area contributed by atoms with Gasteiger partial charge in [0, 0.05) is 10.5 Å². The number of hydrogen-bond donors (Lipinski definition) is 2. The van der Waals surface area contributed by atoms with Crippen molar-refractivity contribution >= 4 is 33.3 Å². The average molecular weight is 341 g/mol. The molecular formula is C14H11BrF2N2O. The highest BCUT2D eigenvalue weighted by Gasteiger charge is 2.09. The summed E-state index contributed by atoms with van der Waals surface area (Å²) in [6.07, 6.45) is 0. The van der Waals surface area contributed by atoms with Crippen molar-refractivity contribution in [1.29, 1.82) is 0 Å². The lowest BCUT2D eigenvalue weighted by Gasteiger charge is -2.10. The Morgan fingerprint density at radius 3 is 2.35 bits per heavy atom. The molecule has 20 heavy (non-hydrogen) atoms. The maximum atomic E-state index is 13.4. The highest BCUT2D eigenvalue weighted by atomic mass is 79.9. The van der Waals surface area contributed by atoms with Crippen molar-refractivity contribution in [3.63, 3.8) is 0 Å². The predicted octanol–water partition coefficient (Wildman–Crippen LogP) is 4.68. The molecule has 0 atom stereocenters. The Balaban J connectivity index is 2.09.